The molecule has 0 bridgehead atoms. The first kappa shape index (κ1) is 10.7. The van der Waals surface area contributed by atoms with Gasteiger partial charge in [-0.05, 0) is 28.1 Å². The van der Waals surface area contributed by atoms with E-state index in [4.69, 9.17) is 15.8 Å². The molecule has 0 heterocycles. The van der Waals surface area contributed by atoms with Gasteiger partial charge in [0, 0.05) is 10.7 Å². The molecule has 0 atom stereocenters. The van der Waals surface area contributed by atoms with Crippen LogP contribution in [0.4, 0.5) is 4.39 Å². The van der Waals surface area contributed by atoms with Gasteiger partial charge in [-0.15, -0.1) is 0 Å². The molecule has 7 heteroatoms. The molecule has 0 fully saturated rings. The Kier molecular flexibility index (Phi) is 2.84. The van der Waals surface area contributed by atoms with E-state index in [-0.39, 0.29) is 4.47 Å². The van der Waals surface area contributed by atoms with Crippen molar-refractivity contribution in [3.8, 4) is 5.75 Å². The lowest BCUT2D eigenvalue weighted by molar-refractivity contribution is 0.427. The lowest BCUT2D eigenvalue weighted by Crippen LogP contribution is -1.92. The second kappa shape index (κ2) is 3.43. The first-order valence-electron chi connectivity index (χ1n) is 2.95. The Hall–Kier alpha value is -0.330. The van der Waals surface area contributed by atoms with Crippen LogP contribution >= 0.6 is 26.6 Å². The first-order chi connectivity index (χ1) is 5.82. The van der Waals surface area contributed by atoms with Crippen LogP contribution in [0, 0.1) is 5.82 Å². The van der Waals surface area contributed by atoms with Crippen molar-refractivity contribution in [3.63, 3.8) is 0 Å². The molecule has 0 aromatic heterocycles. The highest BCUT2D eigenvalue weighted by atomic mass is 79.9. The molecule has 0 amide bonds. The molecule has 1 aromatic rings. The molecule has 0 spiro atoms. The third kappa shape index (κ3) is 2.32. The van der Waals surface area contributed by atoms with E-state index in [0.29, 0.717) is 6.07 Å². The molecule has 3 nitrogen and oxygen atoms in total. The summed E-state index contributed by atoms with van der Waals surface area (Å²) in [6.07, 6.45) is 0. The molecule has 0 aliphatic heterocycles. The van der Waals surface area contributed by atoms with Gasteiger partial charge in [-0.3, -0.25) is 0 Å². The van der Waals surface area contributed by atoms with Crippen LogP contribution < -0.4 is 0 Å². The average Bonchev–Trinajstić information content (AvgIpc) is 1.97. The van der Waals surface area contributed by atoms with Crippen molar-refractivity contribution in [3.05, 3.63) is 22.4 Å². The molecule has 1 N–H and O–H groups in total. The lowest BCUT2D eigenvalue weighted by atomic mass is 10.3. The molecule has 0 radical (unpaired) electrons. The number of benzene rings is 1. The molecule has 0 unspecified atom stereocenters. The molecule has 0 saturated heterocycles. The van der Waals surface area contributed by atoms with Crippen LogP contribution in [0.1, 0.15) is 0 Å². The monoisotopic (exact) mass is 288 g/mol. The molecule has 1 aromatic carbocycles. The third-order valence-electron chi connectivity index (χ3n) is 1.27. The Labute approximate surface area is 86.7 Å². The highest BCUT2D eigenvalue weighted by Crippen LogP contribution is 2.30. The molecule has 1 rings (SSSR count). The number of hydrogen-bond acceptors (Lipinski definition) is 3. The SMILES string of the molecule is O=S(=O)(Cl)c1cc(F)c(O)c(Br)c1. The maximum Gasteiger partial charge on any atom is 0.261 e. The van der Waals surface area contributed by atoms with Crippen LogP contribution in [0.3, 0.4) is 0 Å². The topological polar surface area (TPSA) is 54.4 Å². The normalized spacial score (nSPS) is 11.6. The Bertz CT molecular complexity index is 422. The Balaban J connectivity index is 3.47. The van der Waals surface area contributed by atoms with Crippen molar-refractivity contribution >= 4 is 35.7 Å². The molecule has 13 heavy (non-hydrogen) atoms. The van der Waals surface area contributed by atoms with Gasteiger partial charge >= 0.3 is 0 Å². The van der Waals surface area contributed by atoms with Gasteiger partial charge in [0.1, 0.15) is 0 Å². The number of hydrogen-bond donors (Lipinski definition) is 1. The van der Waals surface area contributed by atoms with Gasteiger partial charge in [-0.2, -0.15) is 0 Å². The smallest absolute Gasteiger partial charge is 0.261 e. The molecule has 0 aliphatic rings. The number of halogens is 3. The zero-order valence-corrected chi connectivity index (χ0v) is 9.12. The second-order valence-electron chi connectivity index (χ2n) is 2.17. The van der Waals surface area contributed by atoms with Crippen LogP contribution in [0.2, 0.25) is 0 Å². The van der Waals surface area contributed by atoms with E-state index >= 15 is 0 Å². The predicted molar refractivity (Wildman–Crippen MR) is 48.8 cm³/mol. The Morgan fingerprint density at radius 3 is 2.38 bits per heavy atom. The predicted octanol–water partition coefficient (Wildman–Crippen LogP) is 2.22. The lowest BCUT2D eigenvalue weighted by Gasteiger charge is -2.01. The van der Waals surface area contributed by atoms with Gasteiger partial charge in [-0.1, -0.05) is 0 Å². The summed E-state index contributed by atoms with van der Waals surface area (Å²) < 4.78 is 34.2. The number of rotatable bonds is 1. The van der Waals surface area contributed by atoms with Crippen LogP contribution in [-0.4, -0.2) is 13.5 Å². The zero-order valence-electron chi connectivity index (χ0n) is 5.96. The van der Waals surface area contributed by atoms with E-state index in [0.717, 1.165) is 6.07 Å². The Morgan fingerprint density at radius 2 is 2.00 bits per heavy atom. The fourth-order valence-corrected chi connectivity index (χ4v) is 2.04. The van der Waals surface area contributed by atoms with Gasteiger partial charge in [-0.25, -0.2) is 12.8 Å². The molecule has 0 aliphatic carbocycles. The average molecular weight is 290 g/mol. The van der Waals surface area contributed by atoms with Crippen molar-refractivity contribution in [2.45, 2.75) is 4.90 Å². The molecular formula is C6H3BrClFO3S. The summed E-state index contributed by atoms with van der Waals surface area (Å²) in [6.45, 7) is 0. The third-order valence-corrected chi connectivity index (χ3v) is 3.21. The first-order valence-corrected chi connectivity index (χ1v) is 6.05. The summed E-state index contributed by atoms with van der Waals surface area (Å²) in [6, 6.07) is 1.66. The minimum atomic E-state index is -3.97. The van der Waals surface area contributed by atoms with E-state index in [1.165, 1.54) is 0 Å². The van der Waals surface area contributed by atoms with E-state index in [9.17, 15) is 12.8 Å². The highest BCUT2D eigenvalue weighted by Gasteiger charge is 2.15. The summed E-state index contributed by atoms with van der Waals surface area (Å²) in [5.74, 6) is -1.70. The zero-order chi connectivity index (χ0) is 10.2. The Morgan fingerprint density at radius 1 is 1.46 bits per heavy atom. The standard InChI is InChI=1S/C6H3BrClFO3S/c7-4-1-3(13(8,11)12)2-5(9)6(4)10/h1-2,10H. The minimum Gasteiger partial charge on any atom is -0.504 e. The quantitative estimate of drug-likeness (QED) is 0.807. The summed E-state index contributed by atoms with van der Waals surface area (Å²) in [4.78, 5) is -0.406. The largest absolute Gasteiger partial charge is 0.504 e. The van der Waals surface area contributed by atoms with Crippen molar-refractivity contribution in [1.29, 1.82) is 0 Å². The van der Waals surface area contributed by atoms with Gasteiger partial charge in [0.25, 0.3) is 9.05 Å². The van der Waals surface area contributed by atoms with E-state index in [1.54, 1.807) is 0 Å². The fraction of sp³-hybridized carbons (Fsp3) is 0. The number of phenolic OH excluding ortho intramolecular Hbond substituents is 1. The van der Waals surface area contributed by atoms with Gasteiger partial charge in [0.2, 0.25) is 0 Å². The fourth-order valence-electron chi connectivity index (χ4n) is 0.683. The van der Waals surface area contributed by atoms with Crippen molar-refractivity contribution in [2.75, 3.05) is 0 Å². The molecule has 0 saturated carbocycles. The van der Waals surface area contributed by atoms with Gasteiger partial charge in [0.05, 0.1) is 9.37 Å². The van der Waals surface area contributed by atoms with Crippen LogP contribution in [0.25, 0.3) is 0 Å². The van der Waals surface area contributed by atoms with Crippen molar-refractivity contribution < 1.29 is 17.9 Å². The van der Waals surface area contributed by atoms with Gasteiger partial charge < -0.3 is 5.11 Å². The molecule has 72 valence electrons. The maximum absolute atomic E-state index is 12.8. The minimum absolute atomic E-state index is 0.0632. The number of aromatic hydroxyl groups is 1. The summed E-state index contributed by atoms with van der Waals surface area (Å²) in [5, 5.41) is 8.94. The molecular weight excluding hydrogens is 286 g/mol. The van der Waals surface area contributed by atoms with E-state index in [1.807, 2.05) is 0 Å². The van der Waals surface area contributed by atoms with E-state index < -0.39 is 25.5 Å². The summed E-state index contributed by atoms with van der Waals surface area (Å²) >= 11 is 2.78. The highest BCUT2D eigenvalue weighted by molar-refractivity contribution is 9.10. The van der Waals surface area contributed by atoms with E-state index in [2.05, 4.69) is 15.9 Å². The summed E-state index contributed by atoms with van der Waals surface area (Å²) in [7, 11) is 0.984. The van der Waals surface area contributed by atoms with Crippen molar-refractivity contribution in [1.82, 2.24) is 0 Å². The second-order valence-corrected chi connectivity index (χ2v) is 5.59. The van der Waals surface area contributed by atoms with Crippen LogP contribution in [0.5, 0.6) is 5.75 Å². The number of phenols is 1. The van der Waals surface area contributed by atoms with Crippen LogP contribution in [0.15, 0.2) is 21.5 Å². The summed E-state index contributed by atoms with van der Waals surface area (Å²) in [5.41, 5.74) is 0. The maximum atomic E-state index is 12.8. The van der Waals surface area contributed by atoms with Crippen LogP contribution in [-0.2, 0) is 9.05 Å². The van der Waals surface area contributed by atoms with Gasteiger partial charge in [0.15, 0.2) is 11.6 Å². The van der Waals surface area contributed by atoms with Crippen molar-refractivity contribution in [2.24, 2.45) is 0 Å².